The van der Waals surface area contributed by atoms with E-state index in [2.05, 4.69) is 4.74 Å². The molecular formula is C6H7F5O2. The van der Waals surface area contributed by atoms with Gasteiger partial charge in [0.25, 0.3) is 0 Å². The summed E-state index contributed by atoms with van der Waals surface area (Å²) in [4.78, 5) is 10.1. The molecule has 0 aliphatic rings. The Morgan fingerprint density at radius 1 is 1.23 bits per heavy atom. The third-order valence-electron chi connectivity index (χ3n) is 1.23. The molecule has 13 heavy (non-hydrogen) atoms. The predicted octanol–water partition coefficient (Wildman–Crippen LogP) is 2.14. The van der Waals surface area contributed by atoms with Crippen molar-refractivity contribution in [1.29, 1.82) is 0 Å². The van der Waals surface area contributed by atoms with Gasteiger partial charge in [-0.25, -0.2) is 0 Å². The van der Waals surface area contributed by atoms with Gasteiger partial charge in [0.1, 0.15) is 0 Å². The van der Waals surface area contributed by atoms with E-state index in [9.17, 15) is 26.7 Å². The first-order chi connectivity index (χ1) is 5.59. The van der Waals surface area contributed by atoms with Gasteiger partial charge in [-0.1, -0.05) is 0 Å². The fourth-order valence-electron chi connectivity index (χ4n) is 0.553. The first kappa shape index (κ1) is 12.1. The van der Waals surface area contributed by atoms with Crippen LogP contribution in [0.4, 0.5) is 22.0 Å². The smallest absolute Gasteiger partial charge is 0.456 e. The zero-order valence-corrected chi connectivity index (χ0v) is 6.78. The van der Waals surface area contributed by atoms with Crippen LogP contribution in [0.25, 0.3) is 0 Å². The molecule has 2 nitrogen and oxygen atoms in total. The van der Waals surface area contributed by atoms with Crippen LogP contribution >= 0.6 is 0 Å². The monoisotopic (exact) mass is 206 g/mol. The lowest BCUT2D eigenvalue weighted by Crippen LogP contribution is -2.47. The fraction of sp³-hybridized carbons (Fsp3) is 0.833. The van der Waals surface area contributed by atoms with Gasteiger partial charge in [-0.2, -0.15) is 22.0 Å². The van der Waals surface area contributed by atoms with E-state index in [4.69, 9.17) is 0 Å². The molecule has 0 unspecified atom stereocenters. The predicted molar refractivity (Wildman–Crippen MR) is 32.2 cm³/mol. The SMILES string of the molecule is CC(=O)O[C@@H](C)C(F)(F)C(F)(F)F. The standard InChI is InChI=1S/C6H7F5O2/c1-3(13-4(2)12)5(7,8)6(9,10)11/h3H,1-2H3/t3-/m0/s1. The molecule has 0 aromatic rings. The number of carbonyl (C=O) groups excluding carboxylic acids is 1. The van der Waals surface area contributed by atoms with Crippen LogP contribution in [-0.2, 0) is 9.53 Å². The highest BCUT2D eigenvalue weighted by Gasteiger charge is 2.62. The van der Waals surface area contributed by atoms with Gasteiger partial charge in [0.05, 0.1) is 0 Å². The number of hydrogen-bond donors (Lipinski definition) is 0. The molecular weight excluding hydrogens is 199 g/mol. The summed E-state index contributed by atoms with van der Waals surface area (Å²) in [5.41, 5.74) is 0. The number of esters is 1. The summed E-state index contributed by atoms with van der Waals surface area (Å²) in [7, 11) is 0. The van der Waals surface area contributed by atoms with Crippen molar-refractivity contribution >= 4 is 5.97 Å². The maximum Gasteiger partial charge on any atom is 0.457 e. The van der Waals surface area contributed by atoms with Gasteiger partial charge in [0.2, 0.25) is 0 Å². The van der Waals surface area contributed by atoms with Crippen LogP contribution in [-0.4, -0.2) is 24.2 Å². The largest absolute Gasteiger partial charge is 0.457 e. The molecule has 0 radical (unpaired) electrons. The fourth-order valence-corrected chi connectivity index (χ4v) is 0.553. The molecule has 1 atom stereocenters. The Kier molecular flexibility index (Phi) is 3.23. The Morgan fingerprint density at radius 2 is 1.62 bits per heavy atom. The third kappa shape index (κ3) is 2.82. The normalized spacial score (nSPS) is 15.3. The van der Waals surface area contributed by atoms with Gasteiger partial charge in [-0.3, -0.25) is 4.79 Å². The van der Waals surface area contributed by atoms with E-state index in [1.54, 1.807) is 0 Å². The van der Waals surface area contributed by atoms with Gasteiger partial charge >= 0.3 is 18.1 Å². The van der Waals surface area contributed by atoms with E-state index in [0.717, 1.165) is 6.92 Å². The number of carbonyl (C=O) groups is 1. The second-order valence-corrected chi connectivity index (χ2v) is 2.37. The summed E-state index contributed by atoms with van der Waals surface area (Å²) in [5.74, 6) is -6.20. The topological polar surface area (TPSA) is 26.3 Å². The Bertz CT molecular complexity index is 198. The molecule has 0 saturated carbocycles. The van der Waals surface area contributed by atoms with E-state index >= 15 is 0 Å². The van der Waals surface area contributed by atoms with Crippen LogP contribution in [0.15, 0.2) is 0 Å². The van der Waals surface area contributed by atoms with Crippen LogP contribution in [0, 0.1) is 0 Å². The lowest BCUT2D eigenvalue weighted by Gasteiger charge is -2.24. The van der Waals surface area contributed by atoms with Crippen molar-refractivity contribution in [3.8, 4) is 0 Å². The van der Waals surface area contributed by atoms with Crippen molar-refractivity contribution in [1.82, 2.24) is 0 Å². The number of rotatable bonds is 2. The highest BCUT2D eigenvalue weighted by Crippen LogP contribution is 2.39. The molecule has 0 fully saturated rings. The van der Waals surface area contributed by atoms with E-state index in [1.807, 2.05) is 0 Å². The molecule has 0 saturated heterocycles. The summed E-state index contributed by atoms with van der Waals surface area (Å²) in [6.07, 6.45) is -8.22. The van der Waals surface area contributed by atoms with Gasteiger partial charge in [-0.05, 0) is 6.92 Å². The maximum atomic E-state index is 12.3. The summed E-state index contributed by atoms with van der Waals surface area (Å²) < 4.78 is 63.1. The number of hydrogen-bond acceptors (Lipinski definition) is 2. The van der Waals surface area contributed by atoms with Crippen molar-refractivity contribution in [3.05, 3.63) is 0 Å². The third-order valence-corrected chi connectivity index (χ3v) is 1.23. The molecule has 0 aromatic heterocycles. The molecule has 78 valence electrons. The minimum atomic E-state index is -5.71. The minimum Gasteiger partial charge on any atom is -0.456 e. The van der Waals surface area contributed by atoms with Crippen LogP contribution in [0.5, 0.6) is 0 Å². The van der Waals surface area contributed by atoms with E-state index < -0.39 is 24.2 Å². The summed E-state index contributed by atoms with van der Waals surface area (Å²) in [6.45, 7) is 1.23. The number of ether oxygens (including phenoxy) is 1. The maximum absolute atomic E-state index is 12.3. The lowest BCUT2D eigenvalue weighted by molar-refractivity contribution is -0.311. The van der Waals surface area contributed by atoms with Crippen molar-refractivity contribution < 1.29 is 31.5 Å². The molecule has 0 aromatic carbocycles. The van der Waals surface area contributed by atoms with Crippen LogP contribution in [0.1, 0.15) is 13.8 Å². The zero-order chi connectivity index (χ0) is 10.9. The molecule has 0 spiro atoms. The summed E-state index contributed by atoms with van der Waals surface area (Å²) >= 11 is 0. The zero-order valence-electron chi connectivity index (χ0n) is 6.78. The molecule has 0 aliphatic heterocycles. The molecule has 7 heteroatoms. The summed E-state index contributed by atoms with van der Waals surface area (Å²) in [6, 6.07) is 0. The number of alkyl halides is 5. The molecule has 0 heterocycles. The average molecular weight is 206 g/mol. The van der Waals surface area contributed by atoms with Crippen LogP contribution in [0.2, 0.25) is 0 Å². The van der Waals surface area contributed by atoms with Crippen molar-refractivity contribution in [2.75, 3.05) is 0 Å². The Morgan fingerprint density at radius 3 is 1.85 bits per heavy atom. The van der Waals surface area contributed by atoms with Gasteiger partial charge in [0, 0.05) is 6.92 Å². The van der Waals surface area contributed by atoms with Crippen molar-refractivity contribution in [2.24, 2.45) is 0 Å². The molecule has 0 N–H and O–H groups in total. The van der Waals surface area contributed by atoms with Gasteiger partial charge in [0.15, 0.2) is 6.10 Å². The van der Waals surface area contributed by atoms with Gasteiger partial charge in [-0.15, -0.1) is 0 Å². The average Bonchev–Trinajstić information content (AvgIpc) is 1.82. The highest BCUT2D eigenvalue weighted by molar-refractivity contribution is 5.66. The highest BCUT2D eigenvalue weighted by atomic mass is 19.4. The van der Waals surface area contributed by atoms with Gasteiger partial charge < -0.3 is 4.74 Å². The lowest BCUT2D eigenvalue weighted by atomic mass is 10.2. The van der Waals surface area contributed by atoms with E-state index in [-0.39, 0.29) is 0 Å². The molecule has 0 rings (SSSR count). The first-order valence-corrected chi connectivity index (χ1v) is 3.20. The second-order valence-electron chi connectivity index (χ2n) is 2.37. The van der Waals surface area contributed by atoms with Crippen LogP contribution in [0.3, 0.4) is 0 Å². The van der Waals surface area contributed by atoms with Crippen molar-refractivity contribution in [3.63, 3.8) is 0 Å². The molecule has 0 aliphatic carbocycles. The molecule has 0 amide bonds. The second kappa shape index (κ2) is 3.47. The Labute approximate surface area is 70.7 Å². The number of halogens is 5. The van der Waals surface area contributed by atoms with E-state index in [0.29, 0.717) is 6.92 Å². The Balaban J connectivity index is 4.54. The molecule has 0 bridgehead atoms. The summed E-state index contributed by atoms with van der Waals surface area (Å²) in [5, 5.41) is 0. The quantitative estimate of drug-likeness (QED) is 0.511. The van der Waals surface area contributed by atoms with E-state index in [1.165, 1.54) is 0 Å². The van der Waals surface area contributed by atoms with Crippen LogP contribution < -0.4 is 0 Å². The first-order valence-electron chi connectivity index (χ1n) is 3.20. The minimum absolute atomic E-state index is 0.481. The van der Waals surface area contributed by atoms with Crippen molar-refractivity contribution in [2.45, 2.75) is 32.1 Å². The Hall–Kier alpha value is -0.880.